The van der Waals surface area contributed by atoms with Gasteiger partial charge in [0.05, 0.1) is 24.2 Å². The molecule has 0 bridgehead atoms. The van der Waals surface area contributed by atoms with Crippen molar-refractivity contribution >= 4 is 17.9 Å². The highest BCUT2D eigenvalue weighted by Gasteiger charge is 2.39. The Morgan fingerprint density at radius 2 is 1.73 bits per heavy atom. The Labute approximate surface area is 285 Å². The molecule has 10 nitrogen and oxygen atoms in total. The Kier molecular flexibility index (Phi) is 12.7. The van der Waals surface area contributed by atoms with Gasteiger partial charge in [-0.3, -0.25) is 9.59 Å². The van der Waals surface area contributed by atoms with Gasteiger partial charge in [-0.15, -0.1) is 0 Å². The van der Waals surface area contributed by atoms with E-state index in [2.05, 4.69) is 24.5 Å². The third kappa shape index (κ3) is 9.89. The van der Waals surface area contributed by atoms with E-state index in [-0.39, 0.29) is 43.1 Å². The molecule has 2 amide bonds. The topological polar surface area (TPSA) is 174 Å². The van der Waals surface area contributed by atoms with Crippen molar-refractivity contribution in [3.05, 3.63) is 69.8 Å². The monoisotopic (exact) mass is 667 g/mol. The molecule has 3 rings (SSSR count). The summed E-state index contributed by atoms with van der Waals surface area (Å²) in [5, 5.41) is 47.6. The number of aliphatic hydroxyl groups excluding tert-OH is 3. The van der Waals surface area contributed by atoms with Crippen molar-refractivity contribution in [3.63, 3.8) is 0 Å². The highest BCUT2D eigenvalue weighted by Crippen LogP contribution is 2.40. The van der Waals surface area contributed by atoms with E-state index < -0.39 is 40.9 Å². The Bertz CT molecular complexity index is 1480. The van der Waals surface area contributed by atoms with Crippen LogP contribution in [-0.2, 0) is 20.7 Å². The van der Waals surface area contributed by atoms with Gasteiger partial charge in [-0.2, -0.15) is 0 Å². The van der Waals surface area contributed by atoms with Crippen LogP contribution in [0.3, 0.4) is 0 Å². The van der Waals surface area contributed by atoms with Gasteiger partial charge < -0.3 is 41.5 Å². The van der Waals surface area contributed by atoms with Crippen LogP contribution in [-0.4, -0.2) is 74.8 Å². The van der Waals surface area contributed by atoms with Crippen LogP contribution in [0.25, 0.3) is 6.08 Å². The maximum atomic E-state index is 13.2. The van der Waals surface area contributed by atoms with Gasteiger partial charge in [0.15, 0.2) is 0 Å². The highest BCUT2D eigenvalue weighted by atomic mass is 16.5. The van der Waals surface area contributed by atoms with E-state index in [0.717, 1.165) is 34.2 Å². The predicted octanol–water partition coefficient (Wildman–Crippen LogP) is 4.14. The molecular weight excluding hydrogens is 610 g/mol. The number of rotatable bonds is 13. The van der Waals surface area contributed by atoms with Crippen molar-refractivity contribution in [2.24, 2.45) is 11.1 Å². The second-order valence-electron chi connectivity index (χ2n) is 15.2. The van der Waals surface area contributed by atoms with Crippen LogP contribution in [0.4, 0.5) is 0 Å². The fraction of sp³-hybridized carbons (Fsp3) is 0.579. The molecule has 0 radical (unpaired) electrons. The van der Waals surface area contributed by atoms with Gasteiger partial charge in [0.1, 0.15) is 23.5 Å². The lowest BCUT2D eigenvalue weighted by atomic mass is 9.85. The third-order valence-corrected chi connectivity index (χ3v) is 9.21. The van der Waals surface area contributed by atoms with Crippen LogP contribution in [0.2, 0.25) is 0 Å². The van der Waals surface area contributed by atoms with Gasteiger partial charge in [0, 0.05) is 24.1 Å². The van der Waals surface area contributed by atoms with Gasteiger partial charge in [0.2, 0.25) is 11.8 Å². The average molecular weight is 668 g/mol. The summed E-state index contributed by atoms with van der Waals surface area (Å²) in [4.78, 5) is 26.0. The molecular formula is C38H57N3O7. The first-order valence-corrected chi connectivity index (χ1v) is 16.9. The maximum absolute atomic E-state index is 13.2. The zero-order valence-electron chi connectivity index (χ0n) is 30.1. The quantitative estimate of drug-likeness (QED) is 0.167. The van der Waals surface area contributed by atoms with Crippen molar-refractivity contribution in [1.82, 2.24) is 10.6 Å². The molecule has 48 heavy (non-hydrogen) atoms. The molecule has 0 aliphatic carbocycles. The van der Waals surface area contributed by atoms with Crippen LogP contribution >= 0.6 is 0 Å². The summed E-state index contributed by atoms with van der Waals surface area (Å²) < 4.78 is 5.91. The van der Waals surface area contributed by atoms with Gasteiger partial charge in [-0.25, -0.2) is 0 Å². The Morgan fingerprint density at radius 3 is 2.31 bits per heavy atom. The van der Waals surface area contributed by atoms with Crippen molar-refractivity contribution < 1.29 is 34.8 Å². The first kappa shape index (κ1) is 39.2. The predicted molar refractivity (Wildman–Crippen MR) is 188 cm³/mol. The summed E-state index contributed by atoms with van der Waals surface area (Å²) in [5.74, 6) is -0.458. The largest absolute Gasteiger partial charge is 0.508 e. The lowest BCUT2D eigenvalue weighted by molar-refractivity contribution is -0.180. The molecule has 10 heteroatoms. The number of carbonyl (C=O) groups is 2. The van der Waals surface area contributed by atoms with Crippen molar-refractivity contribution in [2.75, 3.05) is 13.2 Å². The smallest absolute Gasteiger partial charge is 0.245 e. The number of carbonyl (C=O) groups excluding carboxylic acids is 2. The van der Waals surface area contributed by atoms with Gasteiger partial charge in [-0.1, -0.05) is 44.2 Å². The highest BCUT2D eigenvalue weighted by molar-refractivity contribution is 5.93. The molecule has 1 aliphatic rings. The zero-order chi connectivity index (χ0) is 36.2. The maximum Gasteiger partial charge on any atom is 0.245 e. The number of benzene rings is 2. The van der Waals surface area contributed by atoms with E-state index in [1.54, 1.807) is 33.8 Å². The summed E-state index contributed by atoms with van der Waals surface area (Å²) in [6.07, 6.45) is 1.29. The molecule has 5 atom stereocenters. The molecule has 1 saturated heterocycles. The first-order chi connectivity index (χ1) is 22.2. The molecule has 0 spiro atoms. The van der Waals surface area contributed by atoms with Gasteiger partial charge >= 0.3 is 0 Å². The molecule has 8 N–H and O–H groups in total. The molecule has 2 unspecified atom stereocenters. The molecule has 0 aromatic heterocycles. The number of aliphatic hydroxyl groups is 3. The van der Waals surface area contributed by atoms with E-state index in [4.69, 9.17) is 10.5 Å². The van der Waals surface area contributed by atoms with E-state index in [0.29, 0.717) is 12.0 Å². The van der Waals surface area contributed by atoms with Crippen molar-refractivity contribution in [1.29, 1.82) is 0 Å². The summed E-state index contributed by atoms with van der Waals surface area (Å²) >= 11 is 0. The lowest BCUT2D eigenvalue weighted by Crippen LogP contribution is -2.59. The van der Waals surface area contributed by atoms with E-state index in [1.807, 2.05) is 57.2 Å². The average Bonchev–Trinajstić information content (AvgIpc) is 3.00. The van der Waals surface area contributed by atoms with Crippen LogP contribution in [0.15, 0.2) is 36.4 Å². The fourth-order valence-corrected chi connectivity index (χ4v) is 5.69. The number of hydrogen-bond donors (Lipinski definition) is 7. The number of aromatic hydroxyl groups is 1. The van der Waals surface area contributed by atoms with Crippen LogP contribution in [0.1, 0.15) is 114 Å². The molecule has 2 aromatic carbocycles. The van der Waals surface area contributed by atoms with Gasteiger partial charge in [-0.05, 0) is 107 Å². The SMILES string of the molecule is CCC(C)c1cc(O)c([C@@H]2O[C@H](CO)C[C@H](O)C2O)cc1Cc1ccc(/C=C/C(C)(C)C(=O)NC(C)(C)C(=O)NCC(C)(C)N)cc1C. The van der Waals surface area contributed by atoms with E-state index >= 15 is 0 Å². The summed E-state index contributed by atoms with van der Waals surface area (Å²) in [6, 6.07) is 9.65. The molecule has 2 aromatic rings. The minimum absolute atomic E-state index is 0.0173. The number of nitrogens with one attached hydrogen (secondary N) is 2. The molecule has 1 aliphatic heterocycles. The summed E-state index contributed by atoms with van der Waals surface area (Å²) in [6.45, 7) is 16.7. The number of phenols is 1. The van der Waals surface area contributed by atoms with Crippen molar-refractivity contribution in [3.8, 4) is 5.75 Å². The number of nitrogens with two attached hydrogens (primary N) is 1. The van der Waals surface area contributed by atoms with Crippen LogP contribution in [0, 0.1) is 12.3 Å². The second-order valence-corrected chi connectivity index (χ2v) is 15.2. The zero-order valence-corrected chi connectivity index (χ0v) is 30.1. The van der Waals surface area contributed by atoms with Gasteiger partial charge in [0.25, 0.3) is 0 Å². The minimum Gasteiger partial charge on any atom is -0.508 e. The Balaban J connectivity index is 1.83. The molecule has 266 valence electrons. The van der Waals surface area contributed by atoms with Crippen LogP contribution in [0.5, 0.6) is 5.75 Å². The standard InChI is InChI=1S/C38H57N3O7/c1-10-22(2)28-19-30(43)29(33-32(45)31(44)18-27(20-42)48-33)17-26(28)16-25-12-11-24(15-23(25)3)13-14-36(4,5)34(46)41-38(8,9)35(47)40-21-37(6,7)39/h11-15,17,19,22,27,31-33,42-45H,10,16,18,20-21,39H2,1-9H3,(H,40,47)(H,41,46)/b14-13+/t22?,27-,31-,32?,33-/m0/s1. The van der Waals surface area contributed by atoms with Crippen molar-refractivity contribution in [2.45, 2.75) is 123 Å². The molecule has 1 heterocycles. The first-order valence-electron chi connectivity index (χ1n) is 16.9. The van der Waals surface area contributed by atoms with E-state index in [9.17, 15) is 30.0 Å². The Hall–Kier alpha value is -3.28. The fourth-order valence-electron chi connectivity index (χ4n) is 5.69. The molecule has 1 fully saturated rings. The third-order valence-electron chi connectivity index (χ3n) is 9.21. The number of amides is 2. The number of phenolic OH excluding ortho intramolecular Hbond substituents is 1. The number of aryl methyl sites for hydroxylation is 1. The molecule has 0 saturated carbocycles. The Morgan fingerprint density at radius 1 is 1.06 bits per heavy atom. The summed E-state index contributed by atoms with van der Waals surface area (Å²) in [5.41, 5.74) is 8.73. The number of hydrogen-bond acceptors (Lipinski definition) is 8. The minimum atomic E-state index is -1.24. The summed E-state index contributed by atoms with van der Waals surface area (Å²) in [7, 11) is 0. The normalized spacial score (nSPS) is 21.3. The van der Waals surface area contributed by atoms with Crippen LogP contribution < -0.4 is 16.4 Å². The second kappa shape index (κ2) is 15.5. The lowest BCUT2D eigenvalue weighted by Gasteiger charge is -2.37. The number of ether oxygens (including phenoxy) is 1. The van der Waals surface area contributed by atoms with E-state index in [1.165, 1.54) is 0 Å².